The molecule has 3 rings (SSSR count). The summed E-state index contributed by atoms with van der Waals surface area (Å²) in [4.78, 5) is 18.5. The summed E-state index contributed by atoms with van der Waals surface area (Å²) in [5, 5.41) is 0. The highest BCUT2D eigenvalue weighted by Crippen LogP contribution is 2.22. The third-order valence-corrected chi connectivity index (χ3v) is 3.69. The molecular formula is C16H17N3O. The van der Waals surface area contributed by atoms with Crippen LogP contribution in [0.2, 0.25) is 0 Å². The molecule has 1 aromatic heterocycles. The normalized spacial score (nSPS) is 13.9. The molecule has 1 amide bonds. The van der Waals surface area contributed by atoms with Gasteiger partial charge in [0.2, 0.25) is 0 Å². The predicted molar refractivity (Wildman–Crippen MR) is 78.3 cm³/mol. The first-order valence-electron chi connectivity index (χ1n) is 6.73. The van der Waals surface area contributed by atoms with Gasteiger partial charge >= 0.3 is 0 Å². The molecule has 4 heteroatoms. The maximum absolute atomic E-state index is 12.5. The van der Waals surface area contributed by atoms with Crippen LogP contribution in [0.3, 0.4) is 0 Å². The number of anilines is 1. The summed E-state index contributed by atoms with van der Waals surface area (Å²) in [6.07, 6.45) is 2.52. The zero-order chi connectivity index (χ0) is 14.1. The van der Waals surface area contributed by atoms with Gasteiger partial charge in [-0.25, -0.2) is 0 Å². The quantitative estimate of drug-likeness (QED) is 0.806. The number of nitrogen functional groups attached to an aromatic ring is 1. The van der Waals surface area contributed by atoms with Crippen LogP contribution in [-0.4, -0.2) is 22.3 Å². The van der Waals surface area contributed by atoms with Crippen molar-refractivity contribution in [1.82, 2.24) is 9.88 Å². The van der Waals surface area contributed by atoms with Crippen LogP contribution in [0.15, 0.2) is 36.5 Å². The van der Waals surface area contributed by atoms with Crippen LogP contribution in [0.5, 0.6) is 0 Å². The van der Waals surface area contributed by atoms with E-state index in [0.717, 1.165) is 29.9 Å². The number of carbonyl (C=O) groups is 1. The Morgan fingerprint density at radius 2 is 2.10 bits per heavy atom. The largest absolute Gasteiger partial charge is 0.399 e. The van der Waals surface area contributed by atoms with Crippen LogP contribution in [0.4, 0.5) is 5.69 Å². The molecule has 1 aliphatic heterocycles. The van der Waals surface area contributed by atoms with Crippen molar-refractivity contribution in [3.8, 4) is 0 Å². The minimum absolute atomic E-state index is 0.0329. The highest BCUT2D eigenvalue weighted by Gasteiger charge is 2.21. The van der Waals surface area contributed by atoms with E-state index in [1.807, 2.05) is 36.1 Å². The van der Waals surface area contributed by atoms with Gasteiger partial charge in [-0.05, 0) is 48.7 Å². The fourth-order valence-corrected chi connectivity index (χ4v) is 2.53. The predicted octanol–water partition coefficient (Wildman–Crippen LogP) is 2.17. The molecule has 0 spiro atoms. The number of amides is 1. The third-order valence-electron chi connectivity index (χ3n) is 3.69. The average molecular weight is 267 g/mol. The zero-order valence-corrected chi connectivity index (χ0v) is 11.5. The van der Waals surface area contributed by atoms with Crippen molar-refractivity contribution in [3.63, 3.8) is 0 Å². The van der Waals surface area contributed by atoms with Gasteiger partial charge in [-0.2, -0.15) is 0 Å². The number of rotatable bonds is 1. The Morgan fingerprint density at radius 1 is 1.25 bits per heavy atom. The molecule has 0 aliphatic carbocycles. The lowest BCUT2D eigenvalue weighted by Crippen LogP contribution is -2.36. The lowest BCUT2D eigenvalue weighted by Gasteiger charge is -2.29. The Morgan fingerprint density at radius 3 is 2.85 bits per heavy atom. The second kappa shape index (κ2) is 4.96. The maximum Gasteiger partial charge on any atom is 0.255 e. The van der Waals surface area contributed by atoms with E-state index in [1.54, 1.807) is 6.20 Å². The molecule has 0 radical (unpaired) electrons. The Bertz CT molecular complexity index is 649. The van der Waals surface area contributed by atoms with Gasteiger partial charge in [-0.1, -0.05) is 6.07 Å². The molecular weight excluding hydrogens is 250 g/mol. The van der Waals surface area contributed by atoms with Crippen molar-refractivity contribution >= 4 is 11.6 Å². The van der Waals surface area contributed by atoms with Crippen molar-refractivity contribution in [2.45, 2.75) is 19.9 Å². The Kier molecular flexibility index (Phi) is 3.14. The lowest BCUT2D eigenvalue weighted by atomic mass is 9.98. The highest BCUT2D eigenvalue weighted by molar-refractivity contribution is 5.94. The number of nitrogens with two attached hydrogens (primary N) is 1. The topological polar surface area (TPSA) is 59.2 Å². The molecule has 2 N–H and O–H groups in total. The number of carbonyl (C=O) groups excluding carboxylic acids is 1. The molecule has 0 saturated carbocycles. The van der Waals surface area contributed by atoms with Crippen LogP contribution >= 0.6 is 0 Å². The van der Waals surface area contributed by atoms with E-state index < -0.39 is 0 Å². The van der Waals surface area contributed by atoms with Gasteiger partial charge in [0.05, 0.1) is 5.56 Å². The van der Waals surface area contributed by atoms with Crippen LogP contribution in [0.25, 0.3) is 0 Å². The second-order valence-electron chi connectivity index (χ2n) is 5.19. The van der Waals surface area contributed by atoms with Gasteiger partial charge in [0, 0.05) is 30.7 Å². The SMILES string of the molecule is Cc1ccc(C(=O)N2CCc3ccc(N)cc3C2)cn1. The minimum atomic E-state index is 0.0329. The van der Waals surface area contributed by atoms with Gasteiger partial charge < -0.3 is 10.6 Å². The molecule has 2 heterocycles. The van der Waals surface area contributed by atoms with Gasteiger partial charge in [0.15, 0.2) is 0 Å². The maximum atomic E-state index is 12.5. The van der Waals surface area contributed by atoms with E-state index in [-0.39, 0.29) is 5.91 Å². The van der Waals surface area contributed by atoms with Crippen LogP contribution < -0.4 is 5.73 Å². The smallest absolute Gasteiger partial charge is 0.255 e. The van der Waals surface area contributed by atoms with Crippen molar-refractivity contribution in [1.29, 1.82) is 0 Å². The fraction of sp³-hybridized carbons (Fsp3) is 0.250. The van der Waals surface area contributed by atoms with Crippen molar-refractivity contribution in [3.05, 3.63) is 58.9 Å². The minimum Gasteiger partial charge on any atom is -0.399 e. The Hall–Kier alpha value is -2.36. The number of benzene rings is 1. The molecule has 0 bridgehead atoms. The second-order valence-corrected chi connectivity index (χ2v) is 5.19. The summed E-state index contributed by atoms with van der Waals surface area (Å²) in [5.74, 6) is 0.0329. The number of hydrogen-bond donors (Lipinski definition) is 1. The molecule has 20 heavy (non-hydrogen) atoms. The lowest BCUT2D eigenvalue weighted by molar-refractivity contribution is 0.0734. The summed E-state index contributed by atoms with van der Waals surface area (Å²) in [7, 11) is 0. The van der Waals surface area contributed by atoms with E-state index in [0.29, 0.717) is 12.1 Å². The van der Waals surface area contributed by atoms with Gasteiger partial charge in [0.1, 0.15) is 0 Å². The zero-order valence-electron chi connectivity index (χ0n) is 11.5. The Balaban J connectivity index is 1.82. The third kappa shape index (κ3) is 2.37. The molecule has 1 aromatic carbocycles. The van der Waals surface area contributed by atoms with Crippen molar-refractivity contribution in [2.24, 2.45) is 0 Å². The number of pyridine rings is 1. The first-order valence-corrected chi connectivity index (χ1v) is 6.73. The fourth-order valence-electron chi connectivity index (χ4n) is 2.53. The average Bonchev–Trinajstić information content (AvgIpc) is 2.46. The molecule has 0 unspecified atom stereocenters. The first kappa shape index (κ1) is 12.7. The van der Waals surface area contributed by atoms with Crippen LogP contribution in [-0.2, 0) is 13.0 Å². The van der Waals surface area contributed by atoms with Crippen molar-refractivity contribution < 1.29 is 4.79 Å². The highest BCUT2D eigenvalue weighted by atomic mass is 16.2. The van der Waals surface area contributed by atoms with E-state index in [1.165, 1.54) is 5.56 Å². The van der Waals surface area contributed by atoms with E-state index >= 15 is 0 Å². The summed E-state index contributed by atoms with van der Waals surface area (Å²) < 4.78 is 0. The van der Waals surface area contributed by atoms with E-state index in [9.17, 15) is 4.79 Å². The van der Waals surface area contributed by atoms with Crippen LogP contribution in [0, 0.1) is 6.92 Å². The molecule has 0 fully saturated rings. The summed E-state index contributed by atoms with van der Waals surface area (Å²) in [6, 6.07) is 9.63. The number of aryl methyl sites for hydroxylation is 1. The molecule has 4 nitrogen and oxygen atoms in total. The number of nitrogens with zero attached hydrogens (tertiary/aromatic N) is 2. The molecule has 102 valence electrons. The summed E-state index contributed by atoms with van der Waals surface area (Å²) in [6.45, 7) is 3.27. The molecule has 0 saturated heterocycles. The summed E-state index contributed by atoms with van der Waals surface area (Å²) >= 11 is 0. The first-order chi connectivity index (χ1) is 9.63. The standard InChI is InChI=1S/C16H17N3O/c1-11-2-3-13(9-18-11)16(20)19-7-6-12-4-5-15(17)8-14(12)10-19/h2-5,8-9H,6-7,10,17H2,1H3. The van der Waals surface area contributed by atoms with E-state index in [4.69, 9.17) is 5.73 Å². The molecule has 2 aromatic rings. The van der Waals surface area contributed by atoms with Gasteiger partial charge in [0.25, 0.3) is 5.91 Å². The van der Waals surface area contributed by atoms with Crippen molar-refractivity contribution in [2.75, 3.05) is 12.3 Å². The summed E-state index contributed by atoms with van der Waals surface area (Å²) in [5.41, 5.74) is 10.5. The molecule has 1 aliphatic rings. The Labute approximate surface area is 118 Å². The van der Waals surface area contributed by atoms with Gasteiger partial charge in [-0.3, -0.25) is 9.78 Å². The monoisotopic (exact) mass is 267 g/mol. The number of aromatic nitrogens is 1. The van der Waals surface area contributed by atoms with Crippen LogP contribution in [0.1, 0.15) is 27.2 Å². The van der Waals surface area contributed by atoms with E-state index in [2.05, 4.69) is 11.1 Å². The van der Waals surface area contributed by atoms with Gasteiger partial charge in [-0.15, -0.1) is 0 Å². The number of fused-ring (bicyclic) bond motifs is 1. The number of hydrogen-bond acceptors (Lipinski definition) is 3. The molecule has 0 atom stereocenters.